The molecule has 0 aliphatic carbocycles. The Bertz CT molecular complexity index is 559. The van der Waals surface area contributed by atoms with Gasteiger partial charge in [-0.3, -0.25) is 9.59 Å². The number of nitrogens with one attached hydrogen (secondary N) is 2. The van der Waals surface area contributed by atoms with Crippen molar-refractivity contribution in [2.75, 3.05) is 27.2 Å². The molecule has 6 heteroatoms. The molecule has 1 aliphatic heterocycles. The first-order valence-corrected chi connectivity index (χ1v) is 8.39. The molecule has 2 N–H and O–H groups in total. The molecule has 1 fully saturated rings. The monoisotopic (exact) mass is 333 g/mol. The van der Waals surface area contributed by atoms with Gasteiger partial charge in [0.15, 0.2) is 0 Å². The minimum atomic E-state index is -0.323. The predicted molar refractivity (Wildman–Crippen MR) is 92.8 cm³/mol. The molecule has 0 bridgehead atoms. The molecular weight excluding hydrogens is 306 g/mol. The number of nitrogens with zero attached hydrogens (tertiary/aromatic N) is 1. The molecule has 0 radical (unpaired) electrons. The van der Waals surface area contributed by atoms with Crippen LogP contribution in [0.3, 0.4) is 0 Å². The Morgan fingerprint density at radius 2 is 2.04 bits per heavy atom. The van der Waals surface area contributed by atoms with Gasteiger partial charge in [0.1, 0.15) is 5.75 Å². The summed E-state index contributed by atoms with van der Waals surface area (Å²) in [5.41, 5.74) is 0.904. The van der Waals surface area contributed by atoms with Gasteiger partial charge in [0.05, 0.1) is 19.6 Å². The number of carbonyl (C=O) groups is 2. The number of ether oxygens (including phenoxy) is 1. The van der Waals surface area contributed by atoms with Crippen molar-refractivity contribution in [3.8, 4) is 5.75 Å². The van der Waals surface area contributed by atoms with E-state index in [0.717, 1.165) is 37.2 Å². The third-order valence-electron chi connectivity index (χ3n) is 4.46. The molecule has 2 amide bonds. The van der Waals surface area contributed by atoms with Gasteiger partial charge in [0.25, 0.3) is 0 Å². The summed E-state index contributed by atoms with van der Waals surface area (Å²) in [6, 6.07) is 7.48. The number of methoxy groups -OCH3 is 1. The van der Waals surface area contributed by atoms with Gasteiger partial charge in [0.2, 0.25) is 11.8 Å². The Kier molecular flexibility index (Phi) is 6.61. The summed E-state index contributed by atoms with van der Waals surface area (Å²) >= 11 is 0. The average Bonchev–Trinajstić information content (AvgIpc) is 2.60. The highest BCUT2D eigenvalue weighted by Gasteiger charge is 2.25. The minimum Gasteiger partial charge on any atom is -0.497 e. The maximum absolute atomic E-state index is 12.7. The third kappa shape index (κ3) is 4.96. The summed E-state index contributed by atoms with van der Waals surface area (Å²) in [6.45, 7) is 2.98. The van der Waals surface area contributed by atoms with Crippen molar-refractivity contribution in [1.82, 2.24) is 15.5 Å². The van der Waals surface area contributed by atoms with Gasteiger partial charge < -0.3 is 20.3 Å². The van der Waals surface area contributed by atoms with Gasteiger partial charge in [-0.1, -0.05) is 12.1 Å². The maximum Gasteiger partial charge on any atom is 0.225 e. The number of likely N-dealkylation sites (tertiary alicyclic amines) is 1. The molecule has 0 saturated carbocycles. The second kappa shape index (κ2) is 8.68. The van der Waals surface area contributed by atoms with Crippen molar-refractivity contribution in [2.45, 2.75) is 38.3 Å². The number of likely N-dealkylation sites (N-methyl/N-ethyl adjacent to an activating group) is 1. The largest absolute Gasteiger partial charge is 0.497 e. The van der Waals surface area contributed by atoms with E-state index in [0.29, 0.717) is 6.04 Å². The number of benzene rings is 1. The quantitative estimate of drug-likeness (QED) is 0.827. The van der Waals surface area contributed by atoms with Crippen molar-refractivity contribution in [3.05, 3.63) is 29.8 Å². The fraction of sp³-hybridized carbons (Fsp3) is 0.556. The third-order valence-corrected chi connectivity index (χ3v) is 4.46. The average molecular weight is 333 g/mol. The Morgan fingerprint density at radius 3 is 2.62 bits per heavy atom. The Morgan fingerprint density at radius 1 is 1.33 bits per heavy atom. The lowest BCUT2D eigenvalue weighted by Gasteiger charge is -2.33. The molecule has 1 saturated heterocycles. The van der Waals surface area contributed by atoms with Crippen molar-refractivity contribution in [2.24, 2.45) is 0 Å². The van der Waals surface area contributed by atoms with Gasteiger partial charge in [-0.05, 0) is 37.6 Å². The van der Waals surface area contributed by atoms with Crippen molar-refractivity contribution < 1.29 is 14.3 Å². The van der Waals surface area contributed by atoms with Gasteiger partial charge in [-0.15, -0.1) is 0 Å². The predicted octanol–water partition coefficient (Wildman–Crippen LogP) is 1.47. The molecule has 0 aromatic heterocycles. The molecule has 0 unspecified atom stereocenters. The van der Waals surface area contributed by atoms with Crippen LogP contribution in [0.25, 0.3) is 0 Å². The van der Waals surface area contributed by atoms with E-state index < -0.39 is 0 Å². The molecule has 2 atom stereocenters. The summed E-state index contributed by atoms with van der Waals surface area (Å²) in [5, 5.41) is 6.13. The molecule has 1 aromatic rings. The Labute approximate surface area is 143 Å². The van der Waals surface area contributed by atoms with Crippen LogP contribution in [-0.2, 0) is 9.59 Å². The second-order valence-corrected chi connectivity index (χ2v) is 6.20. The topological polar surface area (TPSA) is 70.7 Å². The molecule has 0 spiro atoms. The first-order valence-electron chi connectivity index (χ1n) is 8.39. The van der Waals surface area contributed by atoms with E-state index in [-0.39, 0.29) is 24.3 Å². The molecule has 1 heterocycles. The number of hydrogen-bond acceptors (Lipinski definition) is 4. The van der Waals surface area contributed by atoms with Crippen LogP contribution < -0.4 is 15.4 Å². The van der Waals surface area contributed by atoms with Crippen LogP contribution in [0.5, 0.6) is 5.75 Å². The van der Waals surface area contributed by atoms with Crippen LogP contribution >= 0.6 is 0 Å². The molecule has 2 rings (SSSR count). The minimum absolute atomic E-state index is 0.0736. The number of amides is 2. The van der Waals surface area contributed by atoms with Gasteiger partial charge >= 0.3 is 0 Å². The highest BCUT2D eigenvalue weighted by atomic mass is 16.5. The lowest BCUT2D eigenvalue weighted by atomic mass is 10.0. The first kappa shape index (κ1) is 18.3. The first-order chi connectivity index (χ1) is 11.5. The highest BCUT2D eigenvalue weighted by Crippen LogP contribution is 2.22. The van der Waals surface area contributed by atoms with Crippen LogP contribution in [0.4, 0.5) is 0 Å². The zero-order chi connectivity index (χ0) is 17.5. The molecule has 1 aromatic carbocycles. The van der Waals surface area contributed by atoms with Crippen molar-refractivity contribution in [1.29, 1.82) is 0 Å². The lowest BCUT2D eigenvalue weighted by Crippen LogP contribution is -2.47. The molecule has 132 valence electrons. The summed E-state index contributed by atoms with van der Waals surface area (Å²) in [4.78, 5) is 26.1. The van der Waals surface area contributed by atoms with Gasteiger partial charge in [0, 0.05) is 26.1 Å². The number of piperidine rings is 1. The Balaban J connectivity index is 2.07. The zero-order valence-corrected chi connectivity index (χ0v) is 14.7. The van der Waals surface area contributed by atoms with Crippen molar-refractivity contribution >= 4 is 11.8 Å². The lowest BCUT2D eigenvalue weighted by molar-refractivity contribution is -0.133. The van der Waals surface area contributed by atoms with Gasteiger partial charge in [-0.25, -0.2) is 0 Å². The summed E-state index contributed by atoms with van der Waals surface area (Å²) < 4.78 is 5.16. The summed E-state index contributed by atoms with van der Waals surface area (Å²) in [6.07, 6.45) is 2.36. The Hall–Kier alpha value is -2.08. The fourth-order valence-corrected chi connectivity index (χ4v) is 3.08. The van der Waals surface area contributed by atoms with Crippen molar-refractivity contribution in [3.63, 3.8) is 0 Å². The molecule has 6 nitrogen and oxygen atoms in total. The van der Waals surface area contributed by atoms with E-state index in [1.807, 2.05) is 36.2 Å². The molecule has 1 aliphatic rings. The number of rotatable bonds is 6. The second-order valence-electron chi connectivity index (χ2n) is 6.20. The SMILES string of the molecule is CN[C@@H]1CCCN(C(=O)C[C@H](NC(C)=O)c2ccc(OC)cc2)C1. The van der Waals surface area contributed by atoms with E-state index >= 15 is 0 Å². The van der Waals surface area contributed by atoms with E-state index in [1.165, 1.54) is 6.92 Å². The van der Waals surface area contributed by atoms with Gasteiger partial charge in [-0.2, -0.15) is 0 Å². The summed E-state index contributed by atoms with van der Waals surface area (Å²) in [5.74, 6) is 0.680. The van der Waals surface area contributed by atoms with Crippen LogP contribution in [0.2, 0.25) is 0 Å². The number of carbonyl (C=O) groups excluding carboxylic acids is 2. The fourth-order valence-electron chi connectivity index (χ4n) is 3.08. The van der Waals surface area contributed by atoms with E-state index in [9.17, 15) is 9.59 Å². The molecule has 24 heavy (non-hydrogen) atoms. The highest BCUT2D eigenvalue weighted by molar-refractivity contribution is 5.79. The van der Waals surface area contributed by atoms with E-state index in [1.54, 1.807) is 7.11 Å². The van der Waals surface area contributed by atoms with Crippen LogP contribution in [0, 0.1) is 0 Å². The van der Waals surface area contributed by atoms with Crippen LogP contribution in [0.1, 0.15) is 37.8 Å². The molecular formula is C18H27N3O3. The smallest absolute Gasteiger partial charge is 0.225 e. The zero-order valence-electron chi connectivity index (χ0n) is 14.7. The van der Waals surface area contributed by atoms with Crippen LogP contribution in [0.15, 0.2) is 24.3 Å². The normalized spacial score (nSPS) is 18.8. The van der Waals surface area contributed by atoms with Crippen LogP contribution in [-0.4, -0.2) is 50.0 Å². The maximum atomic E-state index is 12.7. The standard InChI is InChI=1S/C18H27N3O3/c1-13(22)20-17(14-6-8-16(24-3)9-7-14)11-18(23)21-10-4-5-15(12-21)19-2/h6-9,15,17,19H,4-5,10-12H2,1-3H3,(H,20,22)/t15-,17+/m1/s1. The summed E-state index contributed by atoms with van der Waals surface area (Å²) in [7, 11) is 3.54. The van der Waals surface area contributed by atoms with E-state index in [2.05, 4.69) is 10.6 Å². The van der Waals surface area contributed by atoms with E-state index in [4.69, 9.17) is 4.74 Å². The number of hydrogen-bond donors (Lipinski definition) is 2.